The molecule has 2 heterocycles. The van der Waals surface area contributed by atoms with Gasteiger partial charge in [0.1, 0.15) is 5.69 Å². The molecular weight excluding hydrogens is 306 g/mol. The first-order valence-electron chi connectivity index (χ1n) is 9.15. The molecule has 1 saturated heterocycles. The molecule has 1 amide bonds. The van der Waals surface area contributed by atoms with Gasteiger partial charge in [-0.25, -0.2) is 4.98 Å². The molecule has 24 heavy (non-hydrogen) atoms. The van der Waals surface area contributed by atoms with E-state index in [9.17, 15) is 4.79 Å². The normalized spacial score (nSPS) is 24.9. The highest BCUT2D eigenvalue weighted by Gasteiger charge is 2.52. The van der Waals surface area contributed by atoms with E-state index in [4.69, 9.17) is 9.47 Å². The van der Waals surface area contributed by atoms with Crippen LogP contribution in [0.1, 0.15) is 60.6 Å². The summed E-state index contributed by atoms with van der Waals surface area (Å²) in [6.07, 6.45) is 8.46. The van der Waals surface area contributed by atoms with Gasteiger partial charge in [-0.1, -0.05) is 0 Å². The van der Waals surface area contributed by atoms with Crippen molar-refractivity contribution in [2.75, 3.05) is 26.4 Å². The van der Waals surface area contributed by atoms with Crippen molar-refractivity contribution in [3.8, 4) is 5.88 Å². The second kappa shape index (κ2) is 5.41. The van der Waals surface area contributed by atoms with Gasteiger partial charge in [-0.05, 0) is 44.4 Å². The van der Waals surface area contributed by atoms with Gasteiger partial charge in [0.15, 0.2) is 5.69 Å². The molecule has 0 unspecified atom stereocenters. The molecule has 1 aromatic rings. The summed E-state index contributed by atoms with van der Waals surface area (Å²) in [5.74, 6) is 1.69. The molecule has 0 atom stereocenters. The van der Waals surface area contributed by atoms with E-state index >= 15 is 0 Å². The number of hydrogen-bond donors (Lipinski definition) is 0. The molecule has 1 spiro atoms. The fraction of sp³-hybridized carbons (Fsp3) is 0.722. The fourth-order valence-electron chi connectivity index (χ4n) is 3.46. The average molecular weight is 329 g/mol. The fourth-order valence-corrected chi connectivity index (χ4v) is 3.46. The second-order valence-corrected chi connectivity index (χ2v) is 7.71. The summed E-state index contributed by atoms with van der Waals surface area (Å²) in [5, 5.41) is 0. The first kappa shape index (κ1) is 14.6. The van der Waals surface area contributed by atoms with Crippen LogP contribution in [0.5, 0.6) is 5.88 Å². The molecule has 3 aliphatic carbocycles. The van der Waals surface area contributed by atoms with Crippen LogP contribution in [0.15, 0.2) is 6.20 Å². The zero-order valence-electron chi connectivity index (χ0n) is 13.9. The summed E-state index contributed by atoms with van der Waals surface area (Å²) in [6, 6.07) is 0. The Kier molecular flexibility index (Phi) is 3.30. The Labute approximate surface area is 141 Å². The maximum atomic E-state index is 13.0. The standard InChI is InChI=1S/C18H23N3O3/c22-17(21-7-8-23-11-18(21)5-6-18)14-9-19-15(13-3-4-13)16(20-14)24-10-12-1-2-12/h9,12-13H,1-8,10-11H2. The highest BCUT2D eigenvalue weighted by atomic mass is 16.5. The Hall–Kier alpha value is -1.69. The molecule has 4 fully saturated rings. The summed E-state index contributed by atoms with van der Waals surface area (Å²) in [6.45, 7) is 2.60. The number of morpholine rings is 1. The van der Waals surface area contributed by atoms with Crippen molar-refractivity contribution >= 4 is 5.91 Å². The van der Waals surface area contributed by atoms with Crippen molar-refractivity contribution in [1.29, 1.82) is 0 Å². The van der Waals surface area contributed by atoms with Crippen molar-refractivity contribution in [3.05, 3.63) is 17.6 Å². The Bertz CT molecular complexity index is 665. The Morgan fingerprint density at radius 3 is 2.88 bits per heavy atom. The topological polar surface area (TPSA) is 64.5 Å². The number of ether oxygens (including phenoxy) is 2. The van der Waals surface area contributed by atoms with Gasteiger partial charge in [-0.3, -0.25) is 9.78 Å². The highest BCUT2D eigenvalue weighted by Crippen LogP contribution is 2.45. The first-order chi connectivity index (χ1) is 11.8. The highest BCUT2D eigenvalue weighted by molar-refractivity contribution is 5.93. The average Bonchev–Trinajstić information content (AvgIpc) is 3.46. The lowest BCUT2D eigenvalue weighted by Gasteiger charge is -2.35. The molecule has 1 aromatic heterocycles. The lowest BCUT2D eigenvalue weighted by molar-refractivity contribution is -0.0121. The van der Waals surface area contributed by atoms with Gasteiger partial charge in [-0.15, -0.1) is 0 Å². The Balaban J connectivity index is 1.40. The number of nitrogens with zero attached hydrogens (tertiary/aromatic N) is 3. The molecule has 0 bridgehead atoms. The van der Waals surface area contributed by atoms with E-state index < -0.39 is 0 Å². The number of amides is 1. The number of carbonyl (C=O) groups is 1. The van der Waals surface area contributed by atoms with E-state index in [0.717, 1.165) is 31.4 Å². The lowest BCUT2D eigenvalue weighted by Crippen LogP contribution is -2.50. The predicted molar refractivity (Wildman–Crippen MR) is 86.0 cm³/mol. The van der Waals surface area contributed by atoms with Crippen LogP contribution in [0.25, 0.3) is 0 Å². The summed E-state index contributed by atoms with van der Waals surface area (Å²) >= 11 is 0. The second-order valence-electron chi connectivity index (χ2n) is 7.71. The van der Waals surface area contributed by atoms with Crippen molar-refractivity contribution in [2.45, 2.75) is 50.0 Å². The van der Waals surface area contributed by atoms with Crippen LogP contribution in [0.4, 0.5) is 0 Å². The molecule has 0 radical (unpaired) electrons. The van der Waals surface area contributed by atoms with Gasteiger partial charge < -0.3 is 14.4 Å². The summed E-state index contributed by atoms with van der Waals surface area (Å²) in [5.41, 5.74) is 1.27. The maximum Gasteiger partial charge on any atom is 0.274 e. The minimum atomic E-state index is -0.0821. The summed E-state index contributed by atoms with van der Waals surface area (Å²) in [4.78, 5) is 24.1. The zero-order valence-corrected chi connectivity index (χ0v) is 13.9. The van der Waals surface area contributed by atoms with Gasteiger partial charge in [0, 0.05) is 12.5 Å². The van der Waals surface area contributed by atoms with E-state index in [-0.39, 0.29) is 11.4 Å². The van der Waals surface area contributed by atoms with Crippen LogP contribution >= 0.6 is 0 Å². The lowest BCUT2D eigenvalue weighted by atomic mass is 10.2. The molecule has 5 rings (SSSR count). The number of rotatable bonds is 5. The molecule has 0 aromatic carbocycles. The van der Waals surface area contributed by atoms with E-state index in [1.807, 2.05) is 4.90 Å². The Morgan fingerprint density at radius 1 is 1.33 bits per heavy atom. The number of aromatic nitrogens is 2. The van der Waals surface area contributed by atoms with Gasteiger partial charge in [0.25, 0.3) is 5.91 Å². The van der Waals surface area contributed by atoms with Gasteiger partial charge in [-0.2, -0.15) is 0 Å². The molecular formula is C18H23N3O3. The minimum absolute atomic E-state index is 0.0260. The molecule has 6 nitrogen and oxygen atoms in total. The molecule has 6 heteroatoms. The zero-order chi connectivity index (χ0) is 16.1. The number of hydrogen-bond acceptors (Lipinski definition) is 5. The van der Waals surface area contributed by atoms with Gasteiger partial charge >= 0.3 is 0 Å². The predicted octanol–water partition coefficient (Wildman–Crippen LogP) is 2.15. The van der Waals surface area contributed by atoms with E-state index in [2.05, 4.69) is 9.97 Å². The van der Waals surface area contributed by atoms with E-state index in [0.29, 0.717) is 49.8 Å². The van der Waals surface area contributed by atoms with Gasteiger partial charge in [0.2, 0.25) is 5.88 Å². The molecule has 1 aliphatic heterocycles. The molecule has 0 N–H and O–H groups in total. The SMILES string of the molecule is O=C(c1cnc(C2CC2)c(OCC2CC2)n1)N1CCOCC12CC2. The third-order valence-corrected chi connectivity index (χ3v) is 5.58. The van der Waals surface area contributed by atoms with Crippen LogP contribution < -0.4 is 4.74 Å². The summed E-state index contributed by atoms with van der Waals surface area (Å²) < 4.78 is 11.5. The smallest absolute Gasteiger partial charge is 0.274 e. The monoisotopic (exact) mass is 329 g/mol. The maximum absolute atomic E-state index is 13.0. The van der Waals surface area contributed by atoms with E-state index in [1.54, 1.807) is 6.20 Å². The van der Waals surface area contributed by atoms with Crippen molar-refractivity contribution in [1.82, 2.24) is 14.9 Å². The van der Waals surface area contributed by atoms with Crippen LogP contribution in [0.2, 0.25) is 0 Å². The van der Waals surface area contributed by atoms with Crippen LogP contribution in [-0.4, -0.2) is 52.7 Å². The van der Waals surface area contributed by atoms with Crippen molar-refractivity contribution in [3.63, 3.8) is 0 Å². The van der Waals surface area contributed by atoms with Gasteiger partial charge in [0.05, 0.1) is 31.6 Å². The van der Waals surface area contributed by atoms with Crippen LogP contribution in [0.3, 0.4) is 0 Å². The number of carbonyl (C=O) groups excluding carboxylic acids is 1. The quantitative estimate of drug-likeness (QED) is 0.828. The Morgan fingerprint density at radius 2 is 2.17 bits per heavy atom. The van der Waals surface area contributed by atoms with Crippen molar-refractivity contribution in [2.24, 2.45) is 5.92 Å². The molecule has 4 aliphatic rings. The first-order valence-corrected chi connectivity index (χ1v) is 9.15. The minimum Gasteiger partial charge on any atom is -0.476 e. The summed E-state index contributed by atoms with van der Waals surface area (Å²) in [7, 11) is 0. The van der Waals surface area contributed by atoms with Crippen molar-refractivity contribution < 1.29 is 14.3 Å². The molecule has 128 valence electrons. The largest absolute Gasteiger partial charge is 0.476 e. The van der Waals surface area contributed by atoms with E-state index in [1.165, 1.54) is 12.8 Å². The third-order valence-electron chi connectivity index (χ3n) is 5.58. The van der Waals surface area contributed by atoms with Crippen LogP contribution in [0, 0.1) is 5.92 Å². The molecule has 3 saturated carbocycles. The van der Waals surface area contributed by atoms with Crippen LogP contribution in [-0.2, 0) is 4.74 Å². The third kappa shape index (κ3) is 2.66.